The summed E-state index contributed by atoms with van der Waals surface area (Å²) in [6.07, 6.45) is 0. The summed E-state index contributed by atoms with van der Waals surface area (Å²) in [5.74, 6) is -1.93. The first-order chi connectivity index (χ1) is 11.0. The lowest BCUT2D eigenvalue weighted by Crippen LogP contribution is -2.29. The van der Waals surface area contributed by atoms with Crippen molar-refractivity contribution in [2.75, 3.05) is 18.4 Å². The summed E-state index contributed by atoms with van der Waals surface area (Å²) >= 11 is 0. The Bertz CT molecular complexity index is 738. The predicted octanol–water partition coefficient (Wildman–Crippen LogP) is 2.71. The van der Waals surface area contributed by atoms with Crippen molar-refractivity contribution < 1.29 is 18.5 Å². The van der Waals surface area contributed by atoms with Gasteiger partial charge in [0.25, 0.3) is 11.6 Å². The third-order valence-electron chi connectivity index (χ3n) is 3.00. The van der Waals surface area contributed by atoms with E-state index in [9.17, 15) is 23.7 Å². The fourth-order valence-electron chi connectivity index (χ4n) is 1.92. The van der Waals surface area contributed by atoms with Gasteiger partial charge >= 0.3 is 0 Å². The highest BCUT2D eigenvalue weighted by molar-refractivity contribution is 5.94. The van der Waals surface area contributed by atoms with Crippen molar-refractivity contribution in [3.63, 3.8) is 0 Å². The van der Waals surface area contributed by atoms with Crippen LogP contribution < -0.4 is 10.6 Å². The van der Waals surface area contributed by atoms with Gasteiger partial charge in [-0.1, -0.05) is 12.1 Å². The second-order valence-corrected chi connectivity index (χ2v) is 4.58. The molecule has 2 aromatic carbocycles. The van der Waals surface area contributed by atoms with Crippen molar-refractivity contribution in [2.45, 2.75) is 0 Å². The molecule has 2 N–H and O–H groups in total. The van der Waals surface area contributed by atoms with Gasteiger partial charge < -0.3 is 10.6 Å². The molecule has 6 nitrogen and oxygen atoms in total. The summed E-state index contributed by atoms with van der Waals surface area (Å²) in [6, 6.07) is 8.68. The molecule has 0 aromatic heterocycles. The molecule has 120 valence electrons. The highest BCUT2D eigenvalue weighted by atomic mass is 19.1. The third-order valence-corrected chi connectivity index (χ3v) is 3.00. The van der Waals surface area contributed by atoms with Crippen LogP contribution in [0.1, 0.15) is 10.4 Å². The molecule has 0 saturated carbocycles. The molecule has 2 aromatic rings. The van der Waals surface area contributed by atoms with Crippen LogP contribution in [0.5, 0.6) is 0 Å². The van der Waals surface area contributed by atoms with Gasteiger partial charge in [0.05, 0.1) is 16.6 Å². The number of hydrogen-bond acceptors (Lipinski definition) is 4. The fourth-order valence-corrected chi connectivity index (χ4v) is 1.92. The maximum absolute atomic E-state index is 13.4. The van der Waals surface area contributed by atoms with Crippen molar-refractivity contribution in [3.05, 3.63) is 69.8 Å². The van der Waals surface area contributed by atoms with E-state index in [1.807, 2.05) is 0 Å². The van der Waals surface area contributed by atoms with E-state index < -0.39 is 28.2 Å². The fraction of sp³-hybridized carbons (Fsp3) is 0.133. The lowest BCUT2D eigenvalue weighted by atomic mass is 10.2. The first-order valence-corrected chi connectivity index (χ1v) is 6.69. The second kappa shape index (κ2) is 7.30. The van der Waals surface area contributed by atoms with Crippen molar-refractivity contribution >= 4 is 17.3 Å². The molecule has 0 spiro atoms. The number of nitrogens with one attached hydrogen (secondary N) is 2. The molecular formula is C15H13F2N3O3. The maximum atomic E-state index is 13.4. The van der Waals surface area contributed by atoms with Crippen LogP contribution in [0.15, 0.2) is 42.5 Å². The minimum Gasteiger partial charge on any atom is -0.378 e. The van der Waals surface area contributed by atoms with Gasteiger partial charge in [-0.25, -0.2) is 8.78 Å². The number of amides is 1. The van der Waals surface area contributed by atoms with Crippen molar-refractivity contribution in [1.82, 2.24) is 5.32 Å². The minimum absolute atomic E-state index is 0.0831. The van der Waals surface area contributed by atoms with Crippen LogP contribution in [0.25, 0.3) is 0 Å². The average Bonchev–Trinajstić information content (AvgIpc) is 2.52. The lowest BCUT2D eigenvalue weighted by molar-refractivity contribution is -0.384. The highest BCUT2D eigenvalue weighted by Gasteiger charge is 2.14. The largest absolute Gasteiger partial charge is 0.378 e. The van der Waals surface area contributed by atoms with Gasteiger partial charge in [-0.3, -0.25) is 14.9 Å². The molecule has 8 heteroatoms. The van der Waals surface area contributed by atoms with E-state index >= 15 is 0 Å². The molecule has 0 aliphatic rings. The quantitative estimate of drug-likeness (QED) is 0.487. The molecule has 0 atom stereocenters. The number of carbonyl (C=O) groups is 1. The summed E-state index contributed by atoms with van der Waals surface area (Å²) in [5.41, 5.74) is -0.345. The number of rotatable bonds is 6. The monoisotopic (exact) mass is 321 g/mol. The molecule has 0 aliphatic heterocycles. The Balaban J connectivity index is 1.90. The predicted molar refractivity (Wildman–Crippen MR) is 80.3 cm³/mol. The molecule has 0 fully saturated rings. The zero-order chi connectivity index (χ0) is 16.8. The first-order valence-electron chi connectivity index (χ1n) is 6.69. The summed E-state index contributed by atoms with van der Waals surface area (Å²) < 4.78 is 26.4. The third kappa shape index (κ3) is 4.22. The number of nitrogens with zero attached hydrogens (tertiary/aromatic N) is 1. The molecule has 0 saturated heterocycles. The Morgan fingerprint density at radius 1 is 1.13 bits per heavy atom. The Kier molecular flexibility index (Phi) is 5.19. The van der Waals surface area contributed by atoms with E-state index in [1.54, 1.807) is 0 Å². The van der Waals surface area contributed by atoms with Gasteiger partial charge in [-0.2, -0.15) is 0 Å². The van der Waals surface area contributed by atoms with Crippen LogP contribution in [-0.2, 0) is 0 Å². The van der Waals surface area contributed by atoms with Crippen molar-refractivity contribution in [1.29, 1.82) is 0 Å². The Morgan fingerprint density at radius 2 is 1.87 bits per heavy atom. The van der Waals surface area contributed by atoms with Crippen molar-refractivity contribution in [3.8, 4) is 0 Å². The van der Waals surface area contributed by atoms with Gasteiger partial charge in [0.1, 0.15) is 17.3 Å². The molecular weight excluding hydrogens is 308 g/mol. The molecule has 0 unspecified atom stereocenters. The van der Waals surface area contributed by atoms with Crippen LogP contribution >= 0.6 is 0 Å². The van der Waals surface area contributed by atoms with E-state index in [1.165, 1.54) is 30.3 Å². The van der Waals surface area contributed by atoms with Crippen LogP contribution in [0, 0.1) is 21.7 Å². The van der Waals surface area contributed by atoms with E-state index in [4.69, 9.17) is 0 Å². The Labute approximate surface area is 130 Å². The summed E-state index contributed by atoms with van der Waals surface area (Å²) in [5, 5.41) is 16.0. The number of nitro groups is 1. The van der Waals surface area contributed by atoms with Crippen LogP contribution in [-0.4, -0.2) is 23.9 Å². The van der Waals surface area contributed by atoms with Gasteiger partial charge in [-0.05, 0) is 24.3 Å². The molecule has 23 heavy (non-hydrogen) atoms. The molecule has 2 rings (SSSR count). The van der Waals surface area contributed by atoms with E-state index in [0.717, 1.165) is 12.1 Å². The number of anilines is 1. The number of hydrogen-bond donors (Lipinski definition) is 2. The highest BCUT2D eigenvalue weighted by Crippen LogP contribution is 2.24. The standard InChI is InChI=1S/C15H13F2N3O3/c16-10-5-6-13(14(9-10)20(22)23)18-7-8-19-15(21)11-3-1-2-4-12(11)17/h1-6,9,18H,7-8H2,(H,19,21). The maximum Gasteiger partial charge on any atom is 0.295 e. The van der Waals surface area contributed by atoms with Crippen LogP contribution in [0.2, 0.25) is 0 Å². The van der Waals surface area contributed by atoms with Gasteiger partial charge in [0.15, 0.2) is 0 Å². The number of carbonyl (C=O) groups excluding carboxylic acids is 1. The zero-order valence-corrected chi connectivity index (χ0v) is 11.9. The molecule has 1 amide bonds. The van der Waals surface area contributed by atoms with E-state index in [-0.39, 0.29) is 24.3 Å². The summed E-state index contributed by atoms with van der Waals surface area (Å²) in [4.78, 5) is 21.9. The topological polar surface area (TPSA) is 84.3 Å². The van der Waals surface area contributed by atoms with Gasteiger partial charge in [0, 0.05) is 13.1 Å². The number of halogens is 2. The summed E-state index contributed by atoms with van der Waals surface area (Å²) in [7, 11) is 0. The van der Waals surface area contributed by atoms with E-state index in [0.29, 0.717) is 0 Å². The lowest BCUT2D eigenvalue weighted by Gasteiger charge is -2.09. The summed E-state index contributed by atoms with van der Waals surface area (Å²) in [6.45, 7) is 0.272. The molecule has 0 bridgehead atoms. The average molecular weight is 321 g/mol. The van der Waals surface area contributed by atoms with Gasteiger partial charge in [-0.15, -0.1) is 0 Å². The van der Waals surface area contributed by atoms with Crippen LogP contribution in [0.3, 0.4) is 0 Å². The number of benzene rings is 2. The number of nitro benzene ring substituents is 1. The minimum atomic E-state index is -0.713. The zero-order valence-electron chi connectivity index (χ0n) is 11.9. The normalized spacial score (nSPS) is 10.2. The smallest absolute Gasteiger partial charge is 0.295 e. The molecule has 0 aliphatic carbocycles. The van der Waals surface area contributed by atoms with Crippen molar-refractivity contribution in [2.24, 2.45) is 0 Å². The van der Waals surface area contributed by atoms with E-state index in [2.05, 4.69) is 10.6 Å². The molecule has 0 radical (unpaired) electrons. The van der Waals surface area contributed by atoms with Crippen LogP contribution in [0.4, 0.5) is 20.2 Å². The molecule has 0 heterocycles. The Morgan fingerprint density at radius 3 is 2.57 bits per heavy atom. The Hall–Kier alpha value is -3.03. The van der Waals surface area contributed by atoms with Gasteiger partial charge in [0.2, 0.25) is 0 Å². The SMILES string of the molecule is O=C(NCCNc1ccc(F)cc1[N+](=O)[O-])c1ccccc1F. The second-order valence-electron chi connectivity index (χ2n) is 4.58. The first kappa shape index (κ1) is 16.3.